The highest BCUT2D eigenvalue weighted by molar-refractivity contribution is 7.16. The largest absolute Gasteiger partial charge is 1.00 e. The number of likely N-dealkylation sites (N-methyl/N-ethyl adjacent to an activating group) is 1. The van der Waals surface area contributed by atoms with Gasteiger partial charge in [0.15, 0.2) is 6.54 Å². The van der Waals surface area contributed by atoms with Gasteiger partial charge in [-0.25, -0.2) is 0 Å². The molecule has 6 heteroatoms. The Bertz CT molecular complexity index is 656. The van der Waals surface area contributed by atoms with Crippen molar-refractivity contribution in [2.75, 3.05) is 26.0 Å². The fraction of sp³-hybridized carbons (Fsp3) is 0.684. The van der Waals surface area contributed by atoms with E-state index in [9.17, 15) is 10.1 Å². The van der Waals surface area contributed by atoms with E-state index in [2.05, 4.69) is 25.5 Å². The van der Waals surface area contributed by atoms with Gasteiger partial charge < -0.3 is 22.2 Å². The summed E-state index contributed by atoms with van der Waals surface area (Å²) < 4.78 is 0.749. The molecule has 0 atom stereocenters. The Kier molecular flexibility index (Phi) is 6.90. The lowest BCUT2D eigenvalue weighted by Crippen LogP contribution is -3.00. The first kappa shape index (κ1) is 20.2. The van der Waals surface area contributed by atoms with Crippen molar-refractivity contribution in [3.63, 3.8) is 0 Å². The smallest absolute Gasteiger partial charge is 0.280 e. The second kappa shape index (κ2) is 8.53. The van der Waals surface area contributed by atoms with Crippen LogP contribution in [0.5, 0.6) is 0 Å². The molecule has 138 valence electrons. The number of amides is 1. The number of carbonyl (C=O) groups excluding carboxylic acids is 1. The third-order valence-corrected chi connectivity index (χ3v) is 6.86. The minimum atomic E-state index is 0. The molecule has 0 saturated heterocycles. The number of nitrogens with zero attached hydrogens (tertiary/aromatic N) is 2. The monoisotopic (exact) mass is 381 g/mol. The summed E-state index contributed by atoms with van der Waals surface area (Å²) in [6.45, 7) is 0.484. The van der Waals surface area contributed by atoms with E-state index in [1.807, 2.05) is 0 Å². The van der Waals surface area contributed by atoms with Crippen molar-refractivity contribution in [2.24, 2.45) is 0 Å². The predicted molar refractivity (Wildman–Crippen MR) is 98.2 cm³/mol. The Balaban J connectivity index is 0.00000225. The number of rotatable bonds is 4. The number of anilines is 1. The predicted octanol–water partition coefficient (Wildman–Crippen LogP) is 0.850. The summed E-state index contributed by atoms with van der Waals surface area (Å²) in [6, 6.07) is 2.93. The van der Waals surface area contributed by atoms with Crippen LogP contribution in [-0.4, -0.2) is 37.1 Å². The molecule has 0 spiro atoms. The Morgan fingerprint density at radius 2 is 1.88 bits per heavy atom. The molecule has 1 N–H and O–H groups in total. The van der Waals surface area contributed by atoms with Gasteiger partial charge in [0, 0.05) is 4.88 Å². The molecular formula is C19H28ClN3OS. The molecule has 1 amide bonds. The van der Waals surface area contributed by atoms with Gasteiger partial charge in [0.2, 0.25) is 0 Å². The van der Waals surface area contributed by atoms with E-state index >= 15 is 0 Å². The Hall–Kier alpha value is -1.09. The molecular weight excluding hydrogens is 354 g/mol. The highest BCUT2D eigenvalue weighted by Gasteiger charge is 2.33. The maximum absolute atomic E-state index is 12.6. The molecule has 0 radical (unpaired) electrons. The second-order valence-corrected chi connectivity index (χ2v) is 8.91. The number of hydrogen-bond acceptors (Lipinski definition) is 3. The molecule has 25 heavy (non-hydrogen) atoms. The quantitative estimate of drug-likeness (QED) is 0.621. The number of halogens is 1. The summed E-state index contributed by atoms with van der Waals surface area (Å²) >= 11 is 1.63. The zero-order valence-electron chi connectivity index (χ0n) is 15.2. The molecule has 0 aromatic carbocycles. The van der Waals surface area contributed by atoms with E-state index in [1.54, 1.807) is 11.3 Å². The number of thiophene rings is 1. The van der Waals surface area contributed by atoms with E-state index < -0.39 is 0 Å². The van der Waals surface area contributed by atoms with E-state index in [0.29, 0.717) is 12.6 Å². The van der Waals surface area contributed by atoms with Crippen LogP contribution in [0.25, 0.3) is 0 Å². The van der Waals surface area contributed by atoms with Crippen LogP contribution in [0, 0.1) is 11.3 Å². The normalized spacial score (nSPS) is 18.0. The third kappa shape index (κ3) is 4.55. The molecule has 0 bridgehead atoms. The number of carbonyl (C=O) groups is 1. The van der Waals surface area contributed by atoms with E-state index in [1.165, 1.54) is 49.0 Å². The van der Waals surface area contributed by atoms with Crippen LogP contribution in [0.4, 0.5) is 5.00 Å². The molecule has 0 unspecified atom stereocenters. The van der Waals surface area contributed by atoms with Crippen molar-refractivity contribution in [3.8, 4) is 6.07 Å². The lowest BCUT2D eigenvalue weighted by atomic mass is 10.1. The standard InChI is InChI=1S/C19H27N3OS.ClH/c1-22(2,14-8-6-7-9-14)13-18(23)21-19-16(12-20)15-10-4-3-5-11-17(15)24-19;/h14H,3-11,13H2,1-2H3;1H. The number of hydrogen-bond donors (Lipinski definition) is 1. The first-order valence-corrected chi connectivity index (χ1v) is 10.00. The van der Waals surface area contributed by atoms with Crippen molar-refractivity contribution < 1.29 is 21.7 Å². The lowest BCUT2D eigenvalue weighted by Gasteiger charge is -2.35. The molecule has 1 fully saturated rings. The molecule has 0 aliphatic heterocycles. The third-order valence-electron chi connectivity index (χ3n) is 5.65. The highest BCUT2D eigenvalue weighted by Crippen LogP contribution is 2.37. The number of nitriles is 1. The average molecular weight is 382 g/mol. The Labute approximate surface area is 161 Å². The fourth-order valence-electron chi connectivity index (χ4n) is 4.22. The lowest BCUT2D eigenvalue weighted by molar-refractivity contribution is -0.906. The van der Waals surface area contributed by atoms with Gasteiger partial charge in [0.05, 0.1) is 25.7 Å². The van der Waals surface area contributed by atoms with Crippen LogP contribution >= 0.6 is 11.3 Å². The van der Waals surface area contributed by atoms with Crippen molar-refractivity contribution in [3.05, 3.63) is 16.0 Å². The second-order valence-electron chi connectivity index (χ2n) is 7.80. The van der Waals surface area contributed by atoms with Gasteiger partial charge in [-0.1, -0.05) is 6.42 Å². The Morgan fingerprint density at radius 1 is 1.20 bits per heavy atom. The van der Waals surface area contributed by atoms with Gasteiger partial charge in [0.1, 0.15) is 11.1 Å². The van der Waals surface area contributed by atoms with Crippen LogP contribution in [0.2, 0.25) is 0 Å². The number of fused-ring (bicyclic) bond motifs is 1. The van der Waals surface area contributed by atoms with Gasteiger partial charge in [-0.15, -0.1) is 11.3 Å². The first-order chi connectivity index (χ1) is 11.5. The minimum Gasteiger partial charge on any atom is -1.00 e. The van der Waals surface area contributed by atoms with Gasteiger partial charge in [-0.3, -0.25) is 4.79 Å². The zero-order chi connectivity index (χ0) is 17.2. The number of aryl methyl sites for hydroxylation is 1. The van der Waals surface area contributed by atoms with Crippen molar-refractivity contribution in [2.45, 2.75) is 63.8 Å². The van der Waals surface area contributed by atoms with Gasteiger partial charge in [-0.2, -0.15) is 5.26 Å². The van der Waals surface area contributed by atoms with Gasteiger partial charge in [0.25, 0.3) is 5.91 Å². The molecule has 1 aromatic heterocycles. The summed E-state index contributed by atoms with van der Waals surface area (Å²) in [6.07, 6.45) is 10.6. The van der Waals surface area contributed by atoms with Crippen LogP contribution < -0.4 is 17.7 Å². The van der Waals surface area contributed by atoms with Crippen molar-refractivity contribution >= 4 is 22.2 Å². The van der Waals surface area contributed by atoms with Crippen LogP contribution in [-0.2, 0) is 17.6 Å². The summed E-state index contributed by atoms with van der Waals surface area (Å²) in [5, 5.41) is 13.4. The molecule has 1 saturated carbocycles. The summed E-state index contributed by atoms with van der Waals surface area (Å²) in [7, 11) is 4.31. The van der Waals surface area contributed by atoms with Crippen LogP contribution in [0.1, 0.15) is 60.9 Å². The number of nitrogens with one attached hydrogen (secondary N) is 1. The molecule has 2 aliphatic rings. The van der Waals surface area contributed by atoms with Gasteiger partial charge in [-0.05, 0) is 56.9 Å². The summed E-state index contributed by atoms with van der Waals surface area (Å²) in [4.78, 5) is 13.9. The van der Waals surface area contributed by atoms with E-state index in [-0.39, 0.29) is 18.3 Å². The molecule has 1 heterocycles. The summed E-state index contributed by atoms with van der Waals surface area (Å²) in [5.41, 5.74) is 1.91. The molecule has 1 aromatic rings. The van der Waals surface area contributed by atoms with E-state index in [0.717, 1.165) is 34.3 Å². The average Bonchev–Trinajstić information content (AvgIpc) is 3.11. The van der Waals surface area contributed by atoms with Crippen molar-refractivity contribution in [1.29, 1.82) is 5.26 Å². The SMILES string of the molecule is C[N+](C)(CC(=O)Nc1sc2c(c1C#N)CCCCC2)C1CCCC1.[Cl-]. The summed E-state index contributed by atoms with van der Waals surface area (Å²) in [5.74, 6) is 0.0415. The maximum atomic E-state index is 12.6. The van der Waals surface area contributed by atoms with Crippen LogP contribution in [0.15, 0.2) is 0 Å². The minimum absolute atomic E-state index is 0. The molecule has 4 nitrogen and oxygen atoms in total. The Morgan fingerprint density at radius 3 is 2.56 bits per heavy atom. The maximum Gasteiger partial charge on any atom is 0.280 e. The van der Waals surface area contributed by atoms with Crippen molar-refractivity contribution in [1.82, 2.24) is 0 Å². The van der Waals surface area contributed by atoms with Gasteiger partial charge >= 0.3 is 0 Å². The topological polar surface area (TPSA) is 52.9 Å². The number of quaternary nitrogens is 1. The first-order valence-electron chi connectivity index (χ1n) is 9.18. The molecule has 3 rings (SSSR count). The van der Waals surface area contributed by atoms with Crippen LogP contribution in [0.3, 0.4) is 0 Å². The highest BCUT2D eigenvalue weighted by atomic mass is 35.5. The zero-order valence-corrected chi connectivity index (χ0v) is 16.8. The molecule has 2 aliphatic carbocycles. The van der Waals surface area contributed by atoms with E-state index in [4.69, 9.17) is 0 Å². The fourth-order valence-corrected chi connectivity index (χ4v) is 5.47.